The summed E-state index contributed by atoms with van der Waals surface area (Å²) in [5, 5.41) is 7.08. The molecule has 182 valence electrons. The fourth-order valence-electron chi connectivity index (χ4n) is 4.52. The number of piperidine rings is 1. The molecule has 0 radical (unpaired) electrons. The number of terminal acetylenes is 1. The molecule has 2 aromatic heterocycles. The van der Waals surface area contributed by atoms with Crippen molar-refractivity contribution in [2.24, 2.45) is 0 Å². The summed E-state index contributed by atoms with van der Waals surface area (Å²) < 4.78 is 0. The number of hydrogen-bond donors (Lipinski definition) is 2. The van der Waals surface area contributed by atoms with E-state index < -0.39 is 0 Å². The highest BCUT2D eigenvalue weighted by Gasteiger charge is 2.18. The van der Waals surface area contributed by atoms with E-state index in [0.717, 1.165) is 62.4 Å². The lowest BCUT2D eigenvalue weighted by Crippen LogP contribution is -2.26. The fraction of sp³-hybridized carbons (Fsp3) is 0.536. The van der Waals surface area contributed by atoms with E-state index in [1.54, 1.807) is 0 Å². The Morgan fingerprint density at radius 3 is 2.50 bits per heavy atom. The Labute approximate surface area is 205 Å². The van der Waals surface area contributed by atoms with Gasteiger partial charge in [-0.2, -0.15) is 4.98 Å². The Bertz CT molecular complexity index is 918. The van der Waals surface area contributed by atoms with Crippen molar-refractivity contribution >= 4 is 17.8 Å². The number of anilines is 2. The van der Waals surface area contributed by atoms with Crippen LogP contribution in [0.3, 0.4) is 0 Å². The smallest absolute Gasteiger partial charge is 0.224 e. The monoisotopic (exact) mass is 460 g/mol. The summed E-state index contributed by atoms with van der Waals surface area (Å²) in [6.07, 6.45) is 25.1. The van der Waals surface area contributed by atoms with E-state index >= 15 is 0 Å². The van der Waals surface area contributed by atoms with Gasteiger partial charge in [-0.25, -0.2) is 4.98 Å². The molecule has 6 heteroatoms. The zero-order valence-corrected chi connectivity index (χ0v) is 20.9. The van der Waals surface area contributed by atoms with Gasteiger partial charge in [0.25, 0.3) is 0 Å². The van der Waals surface area contributed by atoms with Crippen molar-refractivity contribution in [3.05, 3.63) is 35.7 Å². The molecule has 0 unspecified atom stereocenters. The van der Waals surface area contributed by atoms with Gasteiger partial charge in [0, 0.05) is 38.1 Å². The Morgan fingerprint density at radius 2 is 1.82 bits per heavy atom. The number of likely N-dealkylation sites (tertiary alicyclic amines) is 1. The van der Waals surface area contributed by atoms with Gasteiger partial charge in [0.1, 0.15) is 5.82 Å². The number of aromatic nitrogens is 3. The molecule has 0 aromatic carbocycles. The Hall–Kier alpha value is -2.91. The molecule has 0 spiro atoms. The minimum Gasteiger partial charge on any atom is -0.367 e. The van der Waals surface area contributed by atoms with Crippen LogP contribution in [-0.2, 0) is 0 Å². The summed E-state index contributed by atoms with van der Waals surface area (Å²) >= 11 is 0. The third kappa shape index (κ3) is 7.56. The molecule has 0 bridgehead atoms. The standard InChI is InChI=1S/C26H38N6.C2H2/c1-3-4-14-27-26-29-19-23(25(31-26)30-22-8-6-5-7-9-22)24-11-10-21(18-28-24)17-20-12-15-32(2)16-13-20;1-2/h10-11,17-19,22H,3-9,12-16H2,1-2H3,(H2,27,29,30,31);1-2H. The van der Waals surface area contributed by atoms with Gasteiger partial charge in [0.15, 0.2) is 0 Å². The Balaban J connectivity index is 0.00000158. The molecule has 1 saturated heterocycles. The van der Waals surface area contributed by atoms with E-state index in [4.69, 9.17) is 9.97 Å². The number of nitrogens with zero attached hydrogens (tertiary/aromatic N) is 4. The van der Waals surface area contributed by atoms with E-state index in [9.17, 15) is 0 Å². The summed E-state index contributed by atoms with van der Waals surface area (Å²) in [4.78, 5) is 16.6. The van der Waals surface area contributed by atoms with Gasteiger partial charge in [-0.15, -0.1) is 12.8 Å². The number of pyridine rings is 1. The van der Waals surface area contributed by atoms with Crippen molar-refractivity contribution in [2.45, 2.75) is 70.8 Å². The highest BCUT2D eigenvalue weighted by atomic mass is 15.1. The van der Waals surface area contributed by atoms with Gasteiger partial charge < -0.3 is 15.5 Å². The lowest BCUT2D eigenvalue weighted by atomic mass is 9.95. The van der Waals surface area contributed by atoms with Crippen LogP contribution in [0.15, 0.2) is 30.1 Å². The van der Waals surface area contributed by atoms with Crippen LogP contribution in [0, 0.1) is 12.8 Å². The lowest BCUT2D eigenvalue weighted by Gasteiger charge is -2.24. The summed E-state index contributed by atoms with van der Waals surface area (Å²) in [5.74, 6) is 1.60. The molecule has 34 heavy (non-hydrogen) atoms. The SMILES string of the molecule is C#C.CCCCNc1ncc(-c2ccc(C=C3CCN(C)CC3)cn2)c(NC2CCCCC2)n1. The molecule has 0 amide bonds. The molecule has 2 fully saturated rings. The molecular weight excluding hydrogens is 420 g/mol. The maximum Gasteiger partial charge on any atom is 0.224 e. The predicted octanol–water partition coefficient (Wildman–Crippen LogP) is 5.85. The van der Waals surface area contributed by atoms with Gasteiger partial charge in [-0.05, 0) is 50.8 Å². The third-order valence-corrected chi connectivity index (χ3v) is 6.61. The highest BCUT2D eigenvalue weighted by molar-refractivity contribution is 5.73. The maximum atomic E-state index is 4.85. The van der Waals surface area contributed by atoms with E-state index in [-0.39, 0.29) is 0 Å². The molecule has 2 aliphatic rings. The van der Waals surface area contributed by atoms with E-state index in [2.05, 4.69) is 65.5 Å². The van der Waals surface area contributed by atoms with Crippen LogP contribution >= 0.6 is 0 Å². The second-order valence-corrected chi connectivity index (χ2v) is 9.30. The lowest BCUT2D eigenvalue weighted by molar-refractivity contribution is 0.313. The van der Waals surface area contributed by atoms with E-state index in [0.29, 0.717) is 12.0 Å². The second-order valence-electron chi connectivity index (χ2n) is 9.30. The summed E-state index contributed by atoms with van der Waals surface area (Å²) in [7, 11) is 2.19. The van der Waals surface area contributed by atoms with Crippen LogP contribution in [0.4, 0.5) is 11.8 Å². The Morgan fingerprint density at radius 1 is 1.06 bits per heavy atom. The molecule has 2 N–H and O–H groups in total. The molecule has 1 aliphatic carbocycles. The minimum absolute atomic E-state index is 0.481. The maximum absolute atomic E-state index is 4.85. The van der Waals surface area contributed by atoms with Gasteiger partial charge in [0.05, 0.1) is 11.3 Å². The minimum atomic E-state index is 0.481. The fourth-order valence-corrected chi connectivity index (χ4v) is 4.52. The molecule has 1 saturated carbocycles. The molecule has 4 rings (SSSR count). The van der Waals surface area contributed by atoms with Crippen molar-refractivity contribution in [1.29, 1.82) is 0 Å². The summed E-state index contributed by atoms with van der Waals surface area (Å²) in [6.45, 7) is 5.38. The first-order valence-electron chi connectivity index (χ1n) is 12.8. The van der Waals surface area contributed by atoms with Crippen LogP contribution in [0.2, 0.25) is 0 Å². The van der Waals surface area contributed by atoms with Crippen molar-refractivity contribution in [3.63, 3.8) is 0 Å². The topological polar surface area (TPSA) is 66.0 Å². The third-order valence-electron chi connectivity index (χ3n) is 6.61. The highest BCUT2D eigenvalue weighted by Crippen LogP contribution is 2.29. The van der Waals surface area contributed by atoms with Crippen LogP contribution in [0.5, 0.6) is 0 Å². The van der Waals surface area contributed by atoms with Crippen LogP contribution < -0.4 is 10.6 Å². The van der Waals surface area contributed by atoms with Crippen molar-refractivity contribution < 1.29 is 0 Å². The first-order valence-corrected chi connectivity index (χ1v) is 12.8. The molecule has 0 atom stereocenters. The van der Waals surface area contributed by atoms with Gasteiger partial charge >= 0.3 is 0 Å². The van der Waals surface area contributed by atoms with Gasteiger partial charge in [-0.3, -0.25) is 4.98 Å². The number of rotatable bonds is 8. The molecule has 6 nitrogen and oxygen atoms in total. The average Bonchev–Trinajstić information content (AvgIpc) is 2.88. The number of unbranched alkanes of at least 4 members (excludes halogenated alkanes) is 1. The summed E-state index contributed by atoms with van der Waals surface area (Å²) in [6, 6.07) is 4.76. The quantitative estimate of drug-likeness (QED) is 0.380. The van der Waals surface area contributed by atoms with Crippen LogP contribution in [0.1, 0.15) is 70.3 Å². The van der Waals surface area contributed by atoms with Crippen molar-refractivity contribution in [3.8, 4) is 24.1 Å². The first-order chi connectivity index (χ1) is 16.7. The molecule has 1 aliphatic heterocycles. The van der Waals surface area contributed by atoms with Crippen LogP contribution in [0.25, 0.3) is 17.3 Å². The summed E-state index contributed by atoms with van der Waals surface area (Å²) in [5.41, 5.74) is 4.60. The van der Waals surface area contributed by atoms with E-state index in [1.165, 1.54) is 43.2 Å². The Kier molecular flexibility index (Phi) is 10.4. The molecular formula is C28H40N6. The van der Waals surface area contributed by atoms with Crippen molar-refractivity contribution in [2.75, 3.05) is 37.3 Å². The van der Waals surface area contributed by atoms with Crippen molar-refractivity contribution in [1.82, 2.24) is 19.9 Å². The average molecular weight is 461 g/mol. The number of nitrogens with one attached hydrogen (secondary N) is 2. The van der Waals surface area contributed by atoms with E-state index in [1.807, 2.05) is 12.4 Å². The molecule has 2 aromatic rings. The van der Waals surface area contributed by atoms with Gasteiger partial charge in [0.2, 0.25) is 5.95 Å². The first kappa shape index (κ1) is 25.7. The number of hydrogen-bond acceptors (Lipinski definition) is 6. The van der Waals surface area contributed by atoms with Gasteiger partial charge in [-0.1, -0.05) is 50.3 Å². The second kappa shape index (κ2) is 13.7. The zero-order chi connectivity index (χ0) is 24.2. The normalized spacial score (nSPS) is 16.9. The zero-order valence-electron chi connectivity index (χ0n) is 20.9. The predicted molar refractivity (Wildman–Crippen MR) is 144 cm³/mol. The molecule has 3 heterocycles. The largest absolute Gasteiger partial charge is 0.367 e. The van der Waals surface area contributed by atoms with Crippen LogP contribution in [-0.4, -0.2) is 52.6 Å².